The Morgan fingerprint density at radius 1 is 1.53 bits per heavy atom. The third-order valence-corrected chi connectivity index (χ3v) is 3.52. The lowest BCUT2D eigenvalue weighted by atomic mass is 9.93. The molecule has 1 aromatic rings. The zero-order chi connectivity index (χ0) is 11.9. The third-order valence-electron chi connectivity index (χ3n) is 3.52. The van der Waals surface area contributed by atoms with E-state index in [0.29, 0.717) is 17.7 Å². The van der Waals surface area contributed by atoms with Gasteiger partial charge in [0.2, 0.25) is 0 Å². The number of hydrogen-bond donors (Lipinski definition) is 1. The summed E-state index contributed by atoms with van der Waals surface area (Å²) in [4.78, 5) is 4.43. The van der Waals surface area contributed by atoms with E-state index in [1.54, 1.807) is 6.07 Å². The normalized spacial score (nSPS) is 26.1. The van der Waals surface area contributed by atoms with Gasteiger partial charge in [-0.3, -0.25) is 4.99 Å². The van der Waals surface area contributed by atoms with Crippen LogP contribution in [0.25, 0.3) is 0 Å². The van der Waals surface area contributed by atoms with Crippen molar-refractivity contribution in [2.75, 3.05) is 13.1 Å². The Bertz CT molecular complexity index is 486. The second-order valence-electron chi connectivity index (χ2n) is 4.50. The number of aliphatic imine (C=N–C) groups is 1. The summed E-state index contributed by atoms with van der Waals surface area (Å²) in [5.74, 6) is 1.34. The maximum absolute atomic E-state index is 13.7. The number of halogens is 1. The molecule has 3 nitrogen and oxygen atoms in total. The lowest BCUT2D eigenvalue weighted by Gasteiger charge is -2.27. The molecule has 1 atom stereocenters. The summed E-state index contributed by atoms with van der Waals surface area (Å²) in [7, 11) is 0. The quantitative estimate of drug-likeness (QED) is 0.848. The molecule has 1 N–H and O–H groups in total. The van der Waals surface area contributed by atoms with Crippen molar-refractivity contribution in [2.45, 2.75) is 25.4 Å². The molecular weight excluding hydrogens is 219 g/mol. The Morgan fingerprint density at radius 3 is 3.06 bits per heavy atom. The summed E-state index contributed by atoms with van der Waals surface area (Å²) in [6.07, 6.45) is 1.35. The van der Waals surface area contributed by atoms with Crippen molar-refractivity contribution in [2.24, 2.45) is 4.99 Å². The molecule has 0 aliphatic carbocycles. The van der Waals surface area contributed by atoms with Crippen molar-refractivity contribution >= 4 is 5.84 Å². The predicted octanol–water partition coefficient (Wildman–Crippen LogP) is 1.91. The van der Waals surface area contributed by atoms with Crippen molar-refractivity contribution in [3.8, 4) is 5.75 Å². The summed E-state index contributed by atoms with van der Waals surface area (Å²) in [6.45, 7) is 3.67. The minimum absolute atomic E-state index is 0.184. The monoisotopic (exact) mass is 234 g/mol. The Hall–Kier alpha value is -1.58. The molecule has 1 aromatic carbocycles. The van der Waals surface area contributed by atoms with Gasteiger partial charge in [0, 0.05) is 18.5 Å². The average Bonchev–Trinajstić information content (AvgIpc) is 2.97. The van der Waals surface area contributed by atoms with E-state index in [-0.39, 0.29) is 5.82 Å². The van der Waals surface area contributed by atoms with Crippen LogP contribution in [0.2, 0.25) is 0 Å². The van der Waals surface area contributed by atoms with Crippen LogP contribution in [0.5, 0.6) is 5.75 Å². The van der Waals surface area contributed by atoms with Crippen LogP contribution in [-0.2, 0) is 6.42 Å². The van der Waals surface area contributed by atoms with Gasteiger partial charge in [0.05, 0.1) is 6.54 Å². The Kier molecular flexibility index (Phi) is 2.31. The molecule has 90 valence electrons. The minimum Gasteiger partial charge on any atom is -0.479 e. The van der Waals surface area contributed by atoms with Crippen molar-refractivity contribution in [1.29, 1.82) is 0 Å². The van der Waals surface area contributed by atoms with Crippen LogP contribution in [0.3, 0.4) is 0 Å². The fraction of sp³-hybridized carbons (Fsp3) is 0.462. The van der Waals surface area contributed by atoms with Crippen molar-refractivity contribution < 1.29 is 9.13 Å². The second kappa shape index (κ2) is 3.72. The number of amidine groups is 1. The van der Waals surface area contributed by atoms with Gasteiger partial charge in [-0.2, -0.15) is 0 Å². The van der Waals surface area contributed by atoms with Crippen LogP contribution in [0.4, 0.5) is 4.39 Å². The molecule has 2 aliphatic heterocycles. The maximum Gasteiger partial charge on any atom is 0.169 e. The highest BCUT2D eigenvalue weighted by Crippen LogP contribution is 2.39. The molecular formula is C13H15FN2O. The summed E-state index contributed by atoms with van der Waals surface area (Å²) in [5, 5.41) is 3.25. The first-order valence-corrected chi connectivity index (χ1v) is 6.00. The molecule has 2 aliphatic rings. The zero-order valence-electron chi connectivity index (χ0n) is 9.79. The van der Waals surface area contributed by atoms with Crippen molar-refractivity contribution in [3.05, 3.63) is 29.6 Å². The molecule has 17 heavy (non-hydrogen) atoms. The topological polar surface area (TPSA) is 33.6 Å². The van der Waals surface area contributed by atoms with Gasteiger partial charge < -0.3 is 10.1 Å². The van der Waals surface area contributed by atoms with Gasteiger partial charge in [-0.25, -0.2) is 4.39 Å². The number of ether oxygens (including phenoxy) is 1. The van der Waals surface area contributed by atoms with E-state index in [4.69, 9.17) is 4.74 Å². The van der Waals surface area contributed by atoms with E-state index >= 15 is 0 Å². The van der Waals surface area contributed by atoms with E-state index in [1.165, 1.54) is 6.07 Å². The van der Waals surface area contributed by atoms with Crippen LogP contribution in [0.1, 0.15) is 18.9 Å². The largest absolute Gasteiger partial charge is 0.479 e. The number of benzene rings is 1. The van der Waals surface area contributed by atoms with Gasteiger partial charge in [-0.1, -0.05) is 13.0 Å². The van der Waals surface area contributed by atoms with Gasteiger partial charge in [-0.15, -0.1) is 0 Å². The Morgan fingerprint density at radius 2 is 2.41 bits per heavy atom. The molecule has 0 unspecified atom stereocenters. The first kappa shape index (κ1) is 10.6. The molecule has 0 radical (unpaired) electrons. The Balaban J connectivity index is 2.00. The molecule has 0 aromatic heterocycles. The third kappa shape index (κ3) is 1.51. The smallest absolute Gasteiger partial charge is 0.169 e. The van der Waals surface area contributed by atoms with Gasteiger partial charge >= 0.3 is 0 Å². The molecule has 0 spiro atoms. The van der Waals surface area contributed by atoms with Crippen molar-refractivity contribution in [3.63, 3.8) is 0 Å². The van der Waals surface area contributed by atoms with Crippen LogP contribution >= 0.6 is 0 Å². The SMILES string of the molecule is CC[C@]1(C2=NCCN2)Cc2c(F)cccc2O1. The van der Waals surface area contributed by atoms with Gasteiger partial charge in [-0.05, 0) is 18.6 Å². The highest BCUT2D eigenvalue weighted by atomic mass is 19.1. The lowest BCUT2D eigenvalue weighted by Crippen LogP contribution is -2.48. The van der Waals surface area contributed by atoms with E-state index in [9.17, 15) is 4.39 Å². The van der Waals surface area contributed by atoms with Crippen LogP contribution in [0.15, 0.2) is 23.2 Å². The molecule has 0 fully saturated rings. The van der Waals surface area contributed by atoms with Crippen LogP contribution in [0, 0.1) is 5.82 Å². The molecule has 3 rings (SSSR count). The summed E-state index contributed by atoms with van der Waals surface area (Å²) in [5.41, 5.74) is 0.187. The maximum atomic E-state index is 13.7. The molecule has 0 bridgehead atoms. The number of rotatable bonds is 2. The highest BCUT2D eigenvalue weighted by Gasteiger charge is 2.44. The Labute approximate surface area is 99.7 Å². The number of hydrogen-bond acceptors (Lipinski definition) is 3. The first-order chi connectivity index (χ1) is 8.25. The molecule has 4 heteroatoms. The lowest BCUT2D eigenvalue weighted by molar-refractivity contribution is 0.162. The van der Waals surface area contributed by atoms with Gasteiger partial charge in [0.15, 0.2) is 5.60 Å². The van der Waals surface area contributed by atoms with E-state index < -0.39 is 5.60 Å². The number of fused-ring (bicyclic) bond motifs is 1. The molecule has 2 heterocycles. The molecule has 0 saturated heterocycles. The number of nitrogens with zero attached hydrogens (tertiary/aromatic N) is 1. The number of nitrogens with one attached hydrogen (secondary N) is 1. The fourth-order valence-corrected chi connectivity index (χ4v) is 2.54. The van der Waals surface area contributed by atoms with Gasteiger partial charge in [0.25, 0.3) is 0 Å². The van der Waals surface area contributed by atoms with Crippen LogP contribution in [-0.4, -0.2) is 24.5 Å². The summed E-state index contributed by atoms with van der Waals surface area (Å²) >= 11 is 0. The fourth-order valence-electron chi connectivity index (χ4n) is 2.54. The van der Waals surface area contributed by atoms with E-state index in [2.05, 4.69) is 10.3 Å². The van der Waals surface area contributed by atoms with Crippen LogP contribution < -0.4 is 10.1 Å². The molecule has 0 saturated carbocycles. The first-order valence-electron chi connectivity index (χ1n) is 6.00. The second-order valence-corrected chi connectivity index (χ2v) is 4.50. The minimum atomic E-state index is -0.485. The van der Waals surface area contributed by atoms with E-state index in [0.717, 1.165) is 25.3 Å². The van der Waals surface area contributed by atoms with Gasteiger partial charge in [0.1, 0.15) is 17.4 Å². The molecule has 0 amide bonds. The van der Waals surface area contributed by atoms with Crippen molar-refractivity contribution in [1.82, 2.24) is 5.32 Å². The summed E-state index contributed by atoms with van der Waals surface area (Å²) in [6, 6.07) is 4.99. The predicted molar refractivity (Wildman–Crippen MR) is 64.1 cm³/mol. The average molecular weight is 234 g/mol. The van der Waals surface area contributed by atoms with E-state index in [1.807, 2.05) is 13.0 Å². The highest BCUT2D eigenvalue weighted by molar-refractivity contribution is 5.93. The standard InChI is InChI=1S/C13H15FN2O/c1-2-13(12-15-6-7-16-12)8-9-10(14)4-3-5-11(9)17-13/h3-5H,2,6-8H2,1H3,(H,15,16)/t13-/m1/s1. The zero-order valence-corrected chi connectivity index (χ0v) is 9.79. The summed E-state index contributed by atoms with van der Waals surface area (Å²) < 4.78 is 19.7.